The lowest BCUT2D eigenvalue weighted by atomic mass is 10.1. The highest BCUT2D eigenvalue weighted by atomic mass is 16.4. The summed E-state index contributed by atoms with van der Waals surface area (Å²) in [4.78, 5) is 0. The number of nitrogens with zero attached hydrogens (tertiary/aromatic N) is 4. The molecule has 1 aliphatic rings. The zero-order valence-electron chi connectivity index (χ0n) is 13.1. The van der Waals surface area contributed by atoms with Gasteiger partial charge in [-0.2, -0.15) is 5.10 Å². The molecule has 4 aromatic rings. The molecule has 2 heterocycles. The first-order valence-corrected chi connectivity index (χ1v) is 7.85. The van der Waals surface area contributed by atoms with E-state index >= 15 is 0 Å². The Bertz CT molecular complexity index is 1050. The van der Waals surface area contributed by atoms with E-state index in [2.05, 4.69) is 39.6 Å². The lowest BCUT2D eigenvalue weighted by Crippen LogP contribution is -1.94. The van der Waals surface area contributed by atoms with Crippen LogP contribution in [0.25, 0.3) is 34.3 Å². The number of fused-ring (bicyclic) bond motifs is 3. The molecule has 0 atom stereocenters. The van der Waals surface area contributed by atoms with Gasteiger partial charge in [-0.15, -0.1) is 10.2 Å². The smallest absolute Gasteiger partial charge is 0.268 e. The fourth-order valence-corrected chi connectivity index (χ4v) is 3.36. The van der Waals surface area contributed by atoms with Gasteiger partial charge in [-0.05, 0) is 17.7 Å². The van der Waals surface area contributed by atoms with Crippen molar-refractivity contribution in [2.45, 2.75) is 6.42 Å². The summed E-state index contributed by atoms with van der Waals surface area (Å²) in [6.07, 6.45) is 0.845. The van der Waals surface area contributed by atoms with Crippen LogP contribution in [0, 0.1) is 0 Å². The summed E-state index contributed by atoms with van der Waals surface area (Å²) in [5.74, 6) is 0.985. The molecular weight excluding hydrogens is 300 g/mol. The van der Waals surface area contributed by atoms with Crippen LogP contribution in [0.2, 0.25) is 0 Å². The minimum absolute atomic E-state index is 0.471. The lowest BCUT2D eigenvalue weighted by Gasteiger charge is -2.00. The minimum atomic E-state index is 0.471. The summed E-state index contributed by atoms with van der Waals surface area (Å²) in [6.45, 7) is 0. The molecule has 2 aromatic heterocycles. The van der Waals surface area contributed by atoms with E-state index in [0.29, 0.717) is 11.8 Å². The molecule has 0 amide bonds. The van der Waals surface area contributed by atoms with Crippen molar-refractivity contribution < 1.29 is 4.42 Å². The van der Waals surface area contributed by atoms with Crippen molar-refractivity contribution in [1.29, 1.82) is 0 Å². The van der Waals surface area contributed by atoms with Gasteiger partial charge in [0.15, 0.2) is 5.69 Å². The molecule has 0 N–H and O–H groups in total. The second-order valence-corrected chi connectivity index (χ2v) is 5.91. The lowest BCUT2D eigenvalue weighted by molar-refractivity contribution is 0.579. The van der Waals surface area contributed by atoms with Gasteiger partial charge in [0.2, 0.25) is 5.89 Å². The van der Waals surface area contributed by atoms with Crippen LogP contribution in [0.15, 0.2) is 59.0 Å². The fraction of sp³-hybridized carbons (Fsp3) is 0.105. The van der Waals surface area contributed by atoms with E-state index < -0.39 is 0 Å². The van der Waals surface area contributed by atoms with Gasteiger partial charge in [0.1, 0.15) is 0 Å². The Balaban J connectivity index is 1.62. The number of aryl methyl sites for hydroxylation is 1. The summed E-state index contributed by atoms with van der Waals surface area (Å²) in [7, 11) is 1.96. The number of benzene rings is 2. The summed E-state index contributed by atoms with van der Waals surface area (Å²) in [5, 5.41) is 13.0. The Labute approximate surface area is 138 Å². The predicted molar refractivity (Wildman–Crippen MR) is 90.2 cm³/mol. The van der Waals surface area contributed by atoms with E-state index in [4.69, 9.17) is 4.42 Å². The maximum atomic E-state index is 5.90. The normalized spacial score (nSPS) is 12.2. The van der Waals surface area contributed by atoms with Gasteiger partial charge >= 0.3 is 0 Å². The molecule has 1 aliphatic carbocycles. The monoisotopic (exact) mass is 314 g/mol. The van der Waals surface area contributed by atoms with Crippen LogP contribution >= 0.6 is 0 Å². The van der Waals surface area contributed by atoms with Crippen LogP contribution in [-0.4, -0.2) is 20.0 Å². The highest BCUT2D eigenvalue weighted by Gasteiger charge is 2.29. The molecule has 2 aromatic carbocycles. The second kappa shape index (κ2) is 4.89. The Kier molecular flexibility index (Phi) is 2.70. The largest absolute Gasteiger partial charge is 0.415 e. The van der Waals surface area contributed by atoms with E-state index in [1.807, 2.05) is 42.1 Å². The molecule has 0 spiro atoms. The maximum Gasteiger partial charge on any atom is 0.268 e. The molecular formula is C19H14N4O. The van der Waals surface area contributed by atoms with Crippen LogP contribution in [0.3, 0.4) is 0 Å². The van der Waals surface area contributed by atoms with Gasteiger partial charge < -0.3 is 4.42 Å². The third kappa shape index (κ3) is 1.84. The molecule has 0 saturated heterocycles. The van der Waals surface area contributed by atoms with Crippen molar-refractivity contribution in [2.75, 3.05) is 0 Å². The Morgan fingerprint density at radius 1 is 0.917 bits per heavy atom. The summed E-state index contributed by atoms with van der Waals surface area (Å²) in [5.41, 5.74) is 6.52. The van der Waals surface area contributed by atoms with Crippen LogP contribution in [0.1, 0.15) is 11.1 Å². The number of aromatic nitrogens is 4. The van der Waals surface area contributed by atoms with Crippen molar-refractivity contribution in [3.63, 3.8) is 0 Å². The summed E-state index contributed by atoms with van der Waals surface area (Å²) in [6, 6.07) is 18.2. The fourth-order valence-electron chi connectivity index (χ4n) is 3.36. The van der Waals surface area contributed by atoms with E-state index in [9.17, 15) is 0 Å². The topological polar surface area (TPSA) is 56.7 Å². The van der Waals surface area contributed by atoms with Crippen molar-refractivity contribution in [2.24, 2.45) is 7.05 Å². The van der Waals surface area contributed by atoms with Crippen LogP contribution in [-0.2, 0) is 13.5 Å². The van der Waals surface area contributed by atoms with Gasteiger partial charge in [0.05, 0.1) is 5.69 Å². The summed E-state index contributed by atoms with van der Waals surface area (Å²) < 4.78 is 7.80. The van der Waals surface area contributed by atoms with Gasteiger partial charge in [-0.25, -0.2) is 0 Å². The molecule has 0 fully saturated rings. The minimum Gasteiger partial charge on any atom is -0.415 e. The average molecular weight is 314 g/mol. The molecule has 0 bridgehead atoms. The van der Waals surface area contributed by atoms with E-state index in [-0.39, 0.29) is 0 Å². The first-order chi connectivity index (χ1) is 11.8. The van der Waals surface area contributed by atoms with Gasteiger partial charge in [0.25, 0.3) is 5.89 Å². The number of hydrogen-bond acceptors (Lipinski definition) is 4. The molecule has 0 radical (unpaired) electrons. The highest BCUT2D eigenvalue weighted by Crippen LogP contribution is 2.41. The molecule has 0 aliphatic heterocycles. The zero-order valence-corrected chi connectivity index (χ0v) is 13.1. The van der Waals surface area contributed by atoms with Crippen LogP contribution in [0.4, 0.5) is 0 Å². The van der Waals surface area contributed by atoms with Gasteiger partial charge in [-0.3, -0.25) is 4.68 Å². The first kappa shape index (κ1) is 13.2. The van der Waals surface area contributed by atoms with Gasteiger partial charge in [-0.1, -0.05) is 42.5 Å². The molecule has 0 saturated carbocycles. The van der Waals surface area contributed by atoms with E-state index in [0.717, 1.165) is 28.9 Å². The van der Waals surface area contributed by atoms with E-state index in [1.165, 1.54) is 11.1 Å². The third-order valence-electron chi connectivity index (χ3n) is 4.43. The van der Waals surface area contributed by atoms with Crippen molar-refractivity contribution >= 4 is 0 Å². The molecule has 0 unspecified atom stereocenters. The predicted octanol–water partition coefficient (Wildman–Crippen LogP) is 3.71. The molecule has 5 nitrogen and oxygen atoms in total. The van der Waals surface area contributed by atoms with Crippen molar-refractivity contribution in [1.82, 2.24) is 20.0 Å². The number of hydrogen-bond donors (Lipinski definition) is 0. The Morgan fingerprint density at radius 3 is 2.54 bits per heavy atom. The maximum absolute atomic E-state index is 5.90. The SMILES string of the molecule is Cn1nc(-c2nnc(-c3ccccc3)o2)c2c1-c1ccccc1C2. The Morgan fingerprint density at radius 2 is 1.67 bits per heavy atom. The van der Waals surface area contributed by atoms with Crippen LogP contribution in [0.5, 0.6) is 0 Å². The zero-order chi connectivity index (χ0) is 16.1. The highest BCUT2D eigenvalue weighted by molar-refractivity contribution is 5.79. The van der Waals surface area contributed by atoms with Gasteiger partial charge in [0, 0.05) is 30.2 Å². The summed E-state index contributed by atoms with van der Waals surface area (Å²) >= 11 is 0. The standard InChI is InChI=1S/C19H14N4O/c1-23-17-14-10-6-5-9-13(14)11-15(17)16(22-23)19-21-20-18(24-19)12-7-3-2-4-8-12/h2-10H,11H2,1H3. The average Bonchev–Trinajstić information content (AvgIpc) is 3.31. The van der Waals surface area contributed by atoms with Crippen molar-refractivity contribution in [3.05, 3.63) is 65.7 Å². The molecule has 116 valence electrons. The quantitative estimate of drug-likeness (QED) is 0.498. The van der Waals surface area contributed by atoms with Crippen LogP contribution < -0.4 is 0 Å². The second-order valence-electron chi connectivity index (χ2n) is 5.91. The molecule has 24 heavy (non-hydrogen) atoms. The van der Waals surface area contributed by atoms with Crippen molar-refractivity contribution in [3.8, 4) is 34.3 Å². The van der Waals surface area contributed by atoms with E-state index in [1.54, 1.807) is 0 Å². The Hall–Kier alpha value is -3.21. The number of rotatable bonds is 2. The molecule has 5 rings (SSSR count). The third-order valence-corrected chi connectivity index (χ3v) is 4.43. The molecule has 5 heteroatoms. The first-order valence-electron chi connectivity index (χ1n) is 7.85.